The Balaban J connectivity index is 1.55. The minimum atomic E-state index is 0.173. The van der Waals surface area contributed by atoms with Crippen LogP contribution in [0.3, 0.4) is 0 Å². The van der Waals surface area contributed by atoms with Gasteiger partial charge >= 0.3 is 0 Å². The molecule has 4 aliphatic carbocycles. The van der Waals surface area contributed by atoms with Gasteiger partial charge in [-0.1, -0.05) is 38.4 Å². The first-order chi connectivity index (χ1) is 13.3. The molecule has 3 unspecified atom stereocenters. The lowest BCUT2D eigenvalue weighted by Gasteiger charge is -2.58. The molecule has 0 aromatic heterocycles. The zero-order chi connectivity index (χ0) is 20.1. The third kappa shape index (κ3) is 3.02. The molecule has 3 fully saturated rings. The molecule has 4 heteroatoms. The Morgan fingerprint density at radius 1 is 1.18 bits per heavy atom. The van der Waals surface area contributed by atoms with Crippen LogP contribution < -0.4 is 5.32 Å². The zero-order valence-corrected chi connectivity index (χ0v) is 18.1. The Hall–Kier alpha value is -1.32. The van der Waals surface area contributed by atoms with Crippen LogP contribution in [-0.2, 0) is 4.79 Å². The number of oxime groups is 1. The van der Waals surface area contributed by atoms with Crippen molar-refractivity contribution in [3.8, 4) is 0 Å². The van der Waals surface area contributed by atoms with Gasteiger partial charge in [0.1, 0.15) is 0 Å². The Morgan fingerprint density at radius 2 is 1.96 bits per heavy atom. The molecule has 4 rings (SSSR count). The number of hydrogen-bond donors (Lipinski definition) is 2. The summed E-state index contributed by atoms with van der Waals surface area (Å²) in [7, 11) is 0. The predicted octanol–water partition coefficient (Wildman–Crippen LogP) is 5.17. The summed E-state index contributed by atoms with van der Waals surface area (Å²) in [6.07, 6.45) is 11.3. The number of carbonyl (C=O) groups excluding carboxylic acids is 1. The highest BCUT2D eigenvalue weighted by Gasteiger charge is 2.60. The first-order valence-electron chi connectivity index (χ1n) is 11.5. The normalized spacial score (nSPS) is 43.9. The van der Waals surface area contributed by atoms with Crippen molar-refractivity contribution in [3.05, 3.63) is 11.6 Å². The first kappa shape index (κ1) is 20.0. The van der Waals surface area contributed by atoms with E-state index in [1.165, 1.54) is 31.3 Å². The molecule has 0 heterocycles. The summed E-state index contributed by atoms with van der Waals surface area (Å²) in [5, 5.41) is 15.9. The molecule has 0 aromatic carbocycles. The molecule has 2 N–H and O–H groups in total. The van der Waals surface area contributed by atoms with E-state index in [1.54, 1.807) is 0 Å². The fraction of sp³-hybridized carbons (Fsp3) is 0.833. The van der Waals surface area contributed by atoms with Crippen molar-refractivity contribution in [2.24, 2.45) is 45.6 Å². The Morgan fingerprint density at radius 3 is 2.68 bits per heavy atom. The van der Waals surface area contributed by atoms with Gasteiger partial charge in [-0.15, -0.1) is 0 Å². The average molecular weight is 387 g/mol. The van der Waals surface area contributed by atoms with Crippen molar-refractivity contribution < 1.29 is 10.0 Å². The maximum absolute atomic E-state index is 13.0. The maximum atomic E-state index is 13.0. The van der Waals surface area contributed by atoms with E-state index in [0.717, 1.165) is 49.8 Å². The van der Waals surface area contributed by atoms with Gasteiger partial charge < -0.3 is 10.5 Å². The van der Waals surface area contributed by atoms with E-state index in [2.05, 4.69) is 44.2 Å². The second-order valence-corrected chi connectivity index (χ2v) is 10.9. The summed E-state index contributed by atoms with van der Waals surface area (Å²) in [6, 6.07) is 0. The number of nitrogens with zero attached hydrogens (tertiary/aromatic N) is 1. The molecular weight excluding hydrogens is 348 g/mol. The molecule has 0 spiro atoms. The van der Waals surface area contributed by atoms with E-state index in [-0.39, 0.29) is 16.7 Å². The van der Waals surface area contributed by atoms with E-state index in [0.29, 0.717) is 17.7 Å². The molecule has 0 saturated heterocycles. The van der Waals surface area contributed by atoms with Crippen LogP contribution in [0.1, 0.15) is 79.1 Å². The minimum absolute atomic E-state index is 0.173. The lowest BCUT2D eigenvalue weighted by atomic mass is 9.47. The van der Waals surface area contributed by atoms with Crippen molar-refractivity contribution in [1.29, 1.82) is 0 Å². The van der Waals surface area contributed by atoms with Crippen LogP contribution in [0.5, 0.6) is 0 Å². The Labute approximate surface area is 170 Å². The number of hydrogen-bond acceptors (Lipinski definition) is 3. The van der Waals surface area contributed by atoms with Crippen molar-refractivity contribution in [3.63, 3.8) is 0 Å². The van der Waals surface area contributed by atoms with Gasteiger partial charge in [0.15, 0.2) is 0 Å². The van der Waals surface area contributed by atoms with Crippen LogP contribution in [-0.4, -0.2) is 23.4 Å². The van der Waals surface area contributed by atoms with Crippen LogP contribution in [0.4, 0.5) is 0 Å². The lowest BCUT2D eigenvalue weighted by Crippen LogP contribution is -2.52. The second-order valence-electron chi connectivity index (χ2n) is 10.9. The summed E-state index contributed by atoms with van der Waals surface area (Å²) in [5.74, 6) is 3.17. The topological polar surface area (TPSA) is 61.7 Å². The van der Waals surface area contributed by atoms with Crippen molar-refractivity contribution in [1.82, 2.24) is 5.32 Å². The molecule has 0 radical (unpaired) electrons. The molecule has 0 aliphatic heterocycles. The second kappa shape index (κ2) is 7.18. The fourth-order valence-corrected chi connectivity index (χ4v) is 7.51. The molecular formula is C24H38N2O2. The third-order valence-electron chi connectivity index (χ3n) is 9.11. The number of amides is 1. The van der Waals surface area contributed by atoms with E-state index >= 15 is 0 Å². The molecule has 4 aliphatic rings. The third-order valence-corrected chi connectivity index (χ3v) is 9.11. The molecule has 156 valence electrons. The largest absolute Gasteiger partial charge is 0.411 e. The molecule has 0 bridgehead atoms. The number of allylic oxidation sites excluding steroid dienone is 2. The summed E-state index contributed by atoms with van der Waals surface area (Å²) < 4.78 is 0. The van der Waals surface area contributed by atoms with Crippen molar-refractivity contribution in [2.45, 2.75) is 79.1 Å². The zero-order valence-electron chi connectivity index (χ0n) is 18.1. The van der Waals surface area contributed by atoms with E-state index in [9.17, 15) is 10.0 Å². The SMILES string of the molecule is CC(C)CNC(=O)[C@H]1CCC2C3CCC4=C/C(=N/O)CC[C@]4(C)C3CC[C@@]21C. The van der Waals surface area contributed by atoms with E-state index in [4.69, 9.17) is 0 Å². The number of fused-ring (bicyclic) bond motifs is 5. The molecule has 4 nitrogen and oxygen atoms in total. The van der Waals surface area contributed by atoms with Crippen molar-refractivity contribution >= 4 is 11.6 Å². The van der Waals surface area contributed by atoms with Crippen LogP contribution >= 0.6 is 0 Å². The van der Waals surface area contributed by atoms with Gasteiger partial charge in [0.25, 0.3) is 0 Å². The number of rotatable bonds is 3. The minimum Gasteiger partial charge on any atom is -0.411 e. The fourth-order valence-electron chi connectivity index (χ4n) is 7.51. The lowest BCUT2D eigenvalue weighted by molar-refractivity contribution is -0.132. The first-order valence-corrected chi connectivity index (χ1v) is 11.5. The van der Waals surface area contributed by atoms with Gasteiger partial charge in [0.2, 0.25) is 5.91 Å². The van der Waals surface area contributed by atoms with Crippen LogP contribution in [0.2, 0.25) is 0 Å². The Kier molecular flexibility index (Phi) is 5.12. The quantitative estimate of drug-likeness (QED) is 0.519. The van der Waals surface area contributed by atoms with Gasteiger partial charge in [-0.2, -0.15) is 0 Å². The summed E-state index contributed by atoms with van der Waals surface area (Å²) in [6.45, 7) is 10.0. The molecule has 28 heavy (non-hydrogen) atoms. The highest BCUT2D eigenvalue weighted by atomic mass is 16.4. The summed E-state index contributed by atoms with van der Waals surface area (Å²) in [4.78, 5) is 13.0. The van der Waals surface area contributed by atoms with Gasteiger partial charge in [-0.05, 0) is 91.9 Å². The highest BCUT2D eigenvalue weighted by Crippen LogP contribution is 2.66. The standard InChI is InChI=1S/C24H38N2O2/c1-15(2)14-25-22(27)21-8-7-19-18-6-5-16-13-17(26-28)9-11-23(16,3)20(18)10-12-24(19,21)4/h13,15,18-21,28H,5-12,14H2,1-4H3,(H,25,27)/b26-17+/t18?,19?,20?,21-,23+,24+/m1/s1. The van der Waals surface area contributed by atoms with Gasteiger partial charge in [0.05, 0.1) is 5.71 Å². The number of carbonyl (C=O) groups is 1. The predicted molar refractivity (Wildman–Crippen MR) is 112 cm³/mol. The summed E-state index contributed by atoms with van der Waals surface area (Å²) >= 11 is 0. The smallest absolute Gasteiger partial charge is 0.223 e. The molecule has 3 saturated carbocycles. The molecule has 0 aromatic rings. The Bertz CT molecular complexity index is 697. The van der Waals surface area contributed by atoms with Crippen LogP contribution in [0, 0.1) is 40.4 Å². The van der Waals surface area contributed by atoms with Gasteiger partial charge in [-0.3, -0.25) is 4.79 Å². The highest BCUT2D eigenvalue weighted by molar-refractivity contribution is 5.96. The van der Waals surface area contributed by atoms with Gasteiger partial charge in [-0.25, -0.2) is 0 Å². The van der Waals surface area contributed by atoms with E-state index in [1.807, 2.05) is 0 Å². The van der Waals surface area contributed by atoms with Gasteiger partial charge in [0, 0.05) is 12.5 Å². The molecule has 6 atom stereocenters. The average Bonchev–Trinajstić information content (AvgIpc) is 3.02. The maximum Gasteiger partial charge on any atom is 0.223 e. The van der Waals surface area contributed by atoms with Crippen molar-refractivity contribution in [2.75, 3.05) is 6.54 Å². The summed E-state index contributed by atoms with van der Waals surface area (Å²) in [5.41, 5.74) is 2.80. The van der Waals surface area contributed by atoms with Crippen LogP contribution in [0.25, 0.3) is 0 Å². The number of nitrogens with one attached hydrogen (secondary N) is 1. The monoisotopic (exact) mass is 386 g/mol. The molecule has 1 amide bonds. The van der Waals surface area contributed by atoms with Crippen LogP contribution in [0.15, 0.2) is 16.8 Å². The van der Waals surface area contributed by atoms with E-state index < -0.39 is 0 Å².